The molecule has 162 valence electrons. The van der Waals surface area contributed by atoms with Crippen LogP contribution in [0.3, 0.4) is 0 Å². The van der Waals surface area contributed by atoms with Gasteiger partial charge in [0, 0.05) is 18.5 Å². The van der Waals surface area contributed by atoms with Crippen LogP contribution in [0.5, 0.6) is 11.5 Å². The summed E-state index contributed by atoms with van der Waals surface area (Å²) in [6, 6.07) is 15.5. The van der Waals surface area contributed by atoms with Gasteiger partial charge in [-0.15, -0.1) is 10.2 Å². The van der Waals surface area contributed by atoms with Gasteiger partial charge in [0.05, 0.1) is 14.2 Å². The Morgan fingerprint density at radius 3 is 2.65 bits per heavy atom. The summed E-state index contributed by atoms with van der Waals surface area (Å²) >= 11 is 0. The van der Waals surface area contributed by atoms with E-state index in [2.05, 4.69) is 15.5 Å². The van der Waals surface area contributed by atoms with Crippen molar-refractivity contribution in [1.29, 1.82) is 0 Å². The van der Waals surface area contributed by atoms with Gasteiger partial charge in [-0.3, -0.25) is 9.36 Å². The molecule has 0 saturated carbocycles. The molecular formula is C24H28N4O3. The average molecular weight is 421 g/mol. The summed E-state index contributed by atoms with van der Waals surface area (Å²) in [5.74, 6) is 3.05. The van der Waals surface area contributed by atoms with Crippen LogP contribution in [-0.2, 0) is 17.6 Å². The summed E-state index contributed by atoms with van der Waals surface area (Å²) in [6.45, 7) is 0.545. The normalized spacial score (nSPS) is 15.6. The molecule has 2 aromatic carbocycles. The first kappa shape index (κ1) is 20.9. The Bertz CT molecular complexity index is 1030. The maximum absolute atomic E-state index is 13.2. The zero-order valence-electron chi connectivity index (χ0n) is 18.0. The van der Waals surface area contributed by atoms with Crippen molar-refractivity contribution >= 4 is 5.91 Å². The highest BCUT2D eigenvalue weighted by atomic mass is 16.5. The Morgan fingerprint density at radius 1 is 1.06 bits per heavy atom. The lowest BCUT2D eigenvalue weighted by Gasteiger charge is -2.20. The molecule has 1 N–H and O–H groups in total. The maximum atomic E-state index is 13.2. The van der Waals surface area contributed by atoms with Crippen LogP contribution in [-0.4, -0.2) is 41.4 Å². The van der Waals surface area contributed by atoms with Gasteiger partial charge in [-0.05, 0) is 37.0 Å². The number of aryl methyl sites for hydroxylation is 1. The van der Waals surface area contributed by atoms with E-state index in [4.69, 9.17) is 9.47 Å². The number of nitrogens with one attached hydrogen (secondary N) is 1. The van der Waals surface area contributed by atoms with Gasteiger partial charge in [0.1, 0.15) is 11.9 Å². The molecule has 7 heteroatoms. The van der Waals surface area contributed by atoms with Crippen LogP contribution in [0.25, 0.3) is 11.4 Å². The van der Waals surface area contributed by atoms with Crippen molar-refractivity contribution in [2.24, 2.45) is 0 Å². The number of hydrogen-bond donors (Lipinski definition) is 1. The fourth-order valence-electron chi connectivity index (χ4n) is 4.09. The van der Waals surface area contributed by atoms with Crippen LogP contribution in [0.15, 0.2) is 48.5 Å². The molecular weight excluding hydrogens is 392 g/mol. The summed E-state index contributed by atoms with van der Waals surface area (Å²) < 4.78 is 12.7. The Kier molecular flexibility index (Phi) is 6.50. The summed E-state index contributed by atoms with van der Waals surface area (Å²) in [5.41, 5.74) is 2.06. The minimum atomic E-state index is -0.298. The number of carbonyl (C=O) groups is 1. The van der Waals surface area contributed by atoms with Crippen molar-refractivity contribution in [3.05, 3.63) is 59.9 Å². The van der Waals surface area contributed by atoms with Gasteiger partial charge >= 0.3 is 0 Å². The number of nitrogens with zero attached hydrogens (tertiary/aromatic N) is 3. The average Bonchev–Trinajstić information content (AvgIpc) is 3.11. The van der Waals surface area contributed by atoms with Crippen LogP contribution >= 0.6 is 0 Å². The molecule has 0 spiro atoms. The van der Waals surface area contributed by atoms with Gasteiger partial charge < -0.3 is 14.8 Å². The van der Waals surface area contributed by atoms with Gasteiger partial charge in [0.25, 0.3) is 0 Å². The van der Waals surface area contributed by atoms with Gasteiger partial charge in [0.2, 0.25) is 5.91 Å². The third kappa shape index (κ3) is 4.55. The fourth-order valence-corrected chi connectivity index (χ4v) is 4.09. The minimum absolute atomic E-state index is 0.0145. The van der Waals surface area contributed by atoms with Gasteiger partial charge in [0.15, 0.2) is 17.3 Å². The third-order valence-corrected chi connectivity index (χ3v) is 5.70. The number of methoxy groups -OCH3 is 2. The summed E-state index contributed by atoms with van der Waals surface area (Å²) in [6.07, 6.45) is 4.34. The molecule has 0 aliphatic carbocycles. The van der Waals surface area contributed by atoms with Crippen molar-refractivity contribution in [3.63, 3.8) is 0 Å². The number of aromatic nitrogens is 3. The number of carbonyl (C=O) groups excluding carboxylic acids is 1. The quantitative estimate of drug-likeness (QED) is 0.632. The molecule has 0 radical (unpaired) electrons. The zero-order valence-corrected chi connectivity index (χ0v) is 18.0. The largest absolute Gasteiger partial charge is 0.493 e. The predicted octanol–water partition coefficient (Wildman–Crippen LogP) is 3.59. The van der Waals surface area contributed by atoms with Crippen molar-refractivity contribution in [2.45, 2.75) is 38.1 Å². The molecule has 1 unspecified atom stereocenters. The van der Waals surface area contributed by atoms with E-state index >= 15 is 0 Å². The van der Waals surface area contributed by atoms with Crippen molar-refractivity contribution in [3.8, 4) is 22.9 Å². The van der Waals surface area contributed by atoms with Crippen molar-refractivity contribution in [2.75, 3.05) is 20.8 Å². The van der Waals surface area contributed by atoms with Gasteiger partial charge in [-0.2, -0.15) is 0 Å². The third-order valence-electron chi connectivity index (χ3n) is 5.70. The van der Waals surface area contributed by atoms with Crippen LogP contribution in [0, 0.1) is 0 Å². The molecule has 1 aromatic heterocycles. The summed E-state index contributed by atoms with van der Waals surface area (Å²) in [5, 5.41) is 11.9. The van der Waals surface area contributed by atoms with E-state index in [1.807, 2.05) is 53.1 Å². The fraction of sp³-hybridized carbons (Fsp3) is 0.375. The van der Waals surface area contributed by atoms with Crippen molar-refractivity contribution in [1.82, 2.24) is 20.1 Å². The predicted molar refractivity (Wildman–Crippen MR) is 118 cm³/mol. The number of fused-ring (bicyclic) bond motifs is 1. The first-order chi connectivity index (χ1) is 15.2. The standard InChI is InChI=1S/C24H28N4O3/c1-30-20-13-12-17(16-21(20)31-2)14-15-25-24(29)19-10-6-7-11-22-26-27-23(28(19)22)18-8-4-3-5-9-18/h3-5,8-9,12-13,16,19H,6-7,10-11,14-15H2,1-2H3,(H,25,29). The molecule has 31 heavy (non-hydrogen) atoms. The minimum Gasteiger partial charge on any atom is -0.493 e. The summed E-state index contributed by atoms with van der Waals surface area (Å²) in [4.78, 5) is 13.2. The van der Waals surface area contributed by atoms with Crippen LogP contribution in [0.1, 0.15) is 36.7 Å². The van der Waals surface area contributed by atoms with Crippen LogP contribution in [0.2, 0.25) is 0 Å². The Morgan fingerprint density at radius 2 is 1.87 bits per heavy atom. The maximum Gasteiger partial charge on any atom is 0.243 e. The van der Waals surface area contributed by atoms with Gasteiger partial charge in [-0.25, -0.2) is 0 Å². The second-order valence-corrected chi connectivity index (χ2v) is 7.67. The monoisotopic (exact) mass is 420 g/mol. The van der Waals surface area contributed by atoms with Crippen LogP contribution < -0.4 is 14.8 Å². The molecule has 0 fully saturated rings. The molecule has 0 bridgehead atoms. The Balaban J connectivity index is 1.48. The van der Waals surface area contributed by atoms with E-state index in [1.54, 1.807) is 14.2 Å². The lowest BCUT2D eigenvalue weighted by atomic mass is 10.1. The molecule has 0 saturated heterocycles. The molecule has 7 nitrogen and oxygen atoms in total. The van der Waals surface area contributed by atoms with E-state index in [9.17, 15) is 4.79 Å². The molecule has 1 aliphatic rings. The Labute approximate surface area is 182 Å². The number of benzene rings is 2. The topological polar surface area (TPSA) is 78.3 Å². The van der Waals surface area contributed by atoms with Crippen LogP contribution in [0.4, 0.5) is 0 Å². The highest BCUT2D eigenvalue weighted by Gasteiger charge is 2.28. The molecule has 3 aromatic rings. The second kappa shape index (κ2) is 9.64. The summed E-state index contributed by atoms with van der Waals surface area (Å²) in [7, 11) is 3.24. The molecule has 1 amide bonds. The van der Waals surface area contributed by atoms with E-state index < -0.39 is 0 Å². The molecule has 1 atom stereocenters. The van der Waals surface area contributed by atoms with E-state index in [0.717, 1.165) is 48.5 Å². The first-order valence-electron chi connectivity index (χ1n) is 10.7. The Hall–Kier alpha value is -3.35. The highest BCUT2D eigenvalue weighted by molar-refractivity contribution is 5.81. The highest BCUT2D eigenvalue weighted by Crippen LogP contribution is 2.30. The number of amides is 1. The number of ether oxygens (including phenoxy) is 2. The lowest BCUT2D eigenvalue weighted by Crippen LogP contribution is -2.34. The molecule has 1 aliphatic heterocycles. The van der Waals surface area contributed by atoms with Crippen molar-refractivity contribution < 1.29 is 14.3 Å². The van der Waals surface area contributed by atoms with Gasteiger partial charge in [-0.1, -0.05) is 42.8 Å². The second-order valence-electron chi connectivity index (χ2n) is 7.67. The SMILES string of the molecule is COc1ccc(CCNC(=O)C2CCCCc3nnc(-c4ccccc4)n32)cc1OC. The van der Waals surface area contributed by atoms with E-state index in [1.165, 1.54) is 0 Å². The molecule has 4 rings (SSSR count). The van der Waals surface area contributed by atoms with E-state index in [-0.39, 0.29) is 11.9 Å². The first-order valence-corrected chi connectivity index (χ1v) is 10.7. The zero-order chi connectivity index (χ0) is 21.6. The number of rotatable bonds is 7. The number of hydrogen-bond acceptors (Lipinski definition) is 5. The lowest BCUT2D eigenvalue weighted by molar-refractivity contribution is -0.124. The smallest absolute Gasteiger partial charge is 0.243 e. The molecule has 2 heterocycles. The van der Waals surface area contributed by atoms with E-state index in [0.29, 0.717) is 24.5 Å².